The lowest BCUT2D eigenvalue weighted by Gasteiger charge is -2.32. The Morgan fingerprint density at radius 2 is 1.79 bits per heavy atom. The van der Waals surface area contributed by atoms with Crippen LogP contribution < -0.4 is 0 Å². The zero-order valence-corrected chi connectivity index (χ0v) is 15.7. The van der Waals surface area contributed by atoms with Gasteiger partial charge in [-0.15, -0.1) is 0 Å². The lowest BCUT2D eigenvalue weighted by Crippen LogP contribution is -2.38. The Labute approximate surface area is 164 Å². The number of halogens is 1. The lowest BCUT2D eigenvalue weighted by molar-refractivity contribution is -0.132. The largest absolute Gasteiger partial charge is 0.441 e. The number of likely N-dealkylation sites (tertiary alicyclic amines) is 1. The smallest absolute Gasteiger partial charge is 0.223 e. The molecule has 5 heteroatoms. The van der Waals surface area contributed by atoms with Crippen LogP contribution in [0.3, 0.4) is 0 Å². The molecule has 3 aromatic rings. The summed E-state index contributed by atoms with van der Waals surface area (Å²) in [6, 6.07) is 16.6. The van der Waals surface area contributed by atoms with Gasteiger partial charge in [0.15, 0.2) is 11.7 Å². The van der Waals surface area contributed by atoms with Gasteiger partial charge in [-0.25, -0.2) is 9.37 Å². The third kappa shape index (κ3) is 4.30. The molecule has 28 heavy (non-hydrogen) atoms. The van der Waals surface area contributed by atoms with Crippen molar-refractivity contribution in [3.8, 4) is 11.3 Å². The quantitative estimate of drug-likeness (QED) is 0.639. The molecular formula is C23H23FN2O2. The van der Waals surface area contributed by atoms with Crippen molar-refractivity contribution in [3.05, 3.63) is 78.1 Å². The Balaban J connectivity index is 1.28. The number of hydrogen-bond donors (Lipinski definition) is 0. The number of carbonyl (C=O) groups is 1. The van der Waals surface area contributed by atoms with E-state index in [2.05, 4.69) is 29.2 Å². The molecule has 0 saturated carbocycles. The normalized spacial score (nSPS) is 15.0. The number of hydrogen-bond acceptors (Lipinski definition) is 3. The van der Waals surface area contributed by atoms with Gasteiger partial charge in [0.25, 0.3) is 0 Å². The lowest BCUT2D eigenvalue weighted by atomic mass is 9.89. The molecular weight excluding hydrogens is 355 g/mol. The number of oxazole rings is 1. The summed E-state index contributed by atoms with van der Waals surface area (Å²) >= 11 is 0. The maximum atomic E-state index is 13.0. The van der Waals surface area contributed by atoms with Gasteiger partial charge in [-0.2, -0.15) is 0 Å². The fourth-order valence-electron chi connectivity index (χ4n) is 3.73. The Bertz CT molecular complexity index is 913. The van der Waals surface area contributed by atoms with Crippen LogP contribution in [0, 0.1) is 5.82 Å². The maximum absolute atomic E-state index is 13.0. The fourth-order valence-corrected chi connectivity index (χ4v) is 3.73. The molecule has 1 aliphatic heterocycles. The number of piperidine rings is 1. The van der Waals surface area contributed by atoms with Crippen molar-refractivity contribution in [2.45, 2.75) is 31.6 Å². The minimum atomic E-state index is -0.287. The van der Waals surface area contributed by atoms with Crippen LogP contribution in [0.25, 0.3) is 11.3 Å². The van der Waals surface area contributed by atoms with Gasteiger partial charge in [-0.3, -0.25) is 4.79 Å². The highest BCUT2D eigenvalue weighted by molar-refractivity contribution is 5.76. The summed E-state index contributed by atoms with van der Waals surface area (Å²) in [6.07, 6.45) is 4.49. The van der Waals surface area contributed by atoms with Crippen molar-refractivity contribution in [3.63, 3.8) is 0 Å². The molecule has 144 valence electrons. The van der Waals surface area contributed by atoms with Crippen molar-refractivity contribution in [2.24, 2.45) is 0 Å². The Morgan fingerprint density at radius 1 is 1.07 bits per heavy atom. The van der Waals surface area contributed by atoms with Crippen LogP contribution >= 0.6 is 0 Å². The number of nitrogens with zero attached hydrogens (tertiary/aromatic N) is 2. The van der Waals surface area contributed by atoms with E-state index in [1.807, 2.05) is 11.0 Å². The maximum Gasteiger partial charge on any atom is 0.223 e. The molecule has 4 rings (SSSR count). The van der Waals surface area contributed by atoms with E-state index in [1.165, 1.54) is 17.7 Å². The van der Waals surface area contributed by atoms with E-state index in [4.69, 9.17) is 4.42 Å². The highest BCUT2D eigenvalue weighted by atomic mass is 19.1. The van der Waals surface area contributed by atoms with Crippen molar-refractivity contribution in [2.75, 3.05) is 13.1 Å². The van der Waals surface area contributed by atoms with Crippen LogP contribution in [0.15, 0.2) is 65.2 Å². The number of aromatic nitrogens is 1. The van der Waals surface area contributed by atoms with Gasteiger partial charge in [0.1, 0.15) is 5.82 Å². The van der Waals surface area contributed by atoms with Gasteiger partial charge in [-0.1, -0.05) is 30.3 Å². The van der Waals surface area contributed by atoms with Crippen LogP contribution in [0.1, 0.15) is 36.6 Å². The fraction of sp³-hybridized carbons (Fsp3) is 0.304. The van der Waals surface area contributed by atoms with Gasteiger partial charge >= 0.3 is 0 Å². The zero-order valence-electron chi connectivity index (χ0n) is 15.7. The summed E-state index contributed by atoms with van der Waals surface area (Å²) in [7, 11) is 0. The van der Waals surface area contributed by atoms with Crippen molar-refractivity contribution in [1.82, 2.24) is 9.88 Å². The molecule has 2 heterocycles. The monoisotopic (exact) mass is 378 g/mol. The molecule has 0 spiro atoms. The Kier molecular flexibility index (Phi) is 5.51. The molecule has 0 radical (unpaired) electrons. The number of rotatable bonds is 5. The van der Waals surface area contributed by atoms with Crippen molar-refractivity contribution < 1.29 is 13.6 Å². The molecule has 0 bridgehead atoms. The van der Waals surface area contributed by atoms with E-state index >= 15 is 0 Å². The Morgan fingerprint density at radius 3 is 2.50 bits per heavy atom. The summed E-state index contributed by atoms with van der Waals surface area (Å²) in [5.41, 5.74) is 2.14. The molecule has 2 aromatic carbocycles. The number of carbonyl (C=O) groups excluding carboxylic acids is 1. The predicted octanol–water partition coefficient (Wildman–Crippen LogP) is 4.82. The second-order valence-electron chi connectivity index (χ2n) is 7.19. The molecule has 0 atom stereocenters. The summed E-state index contributed by atoms with van der Waals surface area (Å²) < 4.78 is 18.7. The van der Waals surface area contributed by atoms with Crippen LogP contribution in [0.2, 0.25) is 0 Å². The van der Waals surface area contributed by atoms with E-state index in [1.54, 1.807) is 18.3 Å². The number of benzene rings is 2. The van der Waals surface area contributed by atoms with Crippen molar-refractivity contribution >= 4 is 5.91 Å². The average Bonchev–Trinajstić information content (AvgIpc) is 3.22. The predicted molar refractivity (Wildman–Crippen MR) is 105 cm³/mol. The minimum Gasteiger partial charge on any atom is -0.441 e. The highest BCUT2D eigenvalue weighted by Crippen LogP contribution is 2.28. The molecule has 0 unspecified atom stereocenters. The van der Waals surface area contributed by atoms with Crippen LogP contribution in [-0.2, 0) is 11.2 Å². The molecule has 4 nitrogen and oxygen atoms in total. The van der Waals surface area contributed by atoms with E-state index in [0.29, 0.717) is 30.4 Å². The first kappa shape index (κ1) is 18.4. The zero-order chi connectivity index (χ0) is 19.3. The Hall–Kier alpha value is -2.95. The summed E-state index contributed by atoms with van der Waals surface area (Å²) in [5.74, 6) is 1.52. The van der Waals surface area contributed by atoms with Gasteiger partial charge in [0.05, 0.1) is 6.20 Å². The second kappa shape index (κ2) is 8.38. The average molecular weight is 378 g/mol. The number of aryl methyl sites for hydroxylation is 1. The molecule has 1 fully saturated rings. The first-order chi connectivity index (χ1) is 13.7. The summed E-state index contributed by atoms with van der Waals surface area (Å²) in [6.45, 7) is 1.59. The van der Waals surface area contributed by atoms with Crippen LogP contribution in [0.4, 0.5) is 4.39 Å². The van der Waals surface area contributed by atoms with E-state index < -0.39 is 0 Å². The van der Waals surface area contributed by atoms with Crippen LogP contribution in [-0.4, -0.2) is 28.9 Å². The van der Waals surface area contributed by atoms with E-state index in [-0.39, 0.29) is 11.7 Å². The van der Waals surface area contributed by atoms with E-state index in [0.717, 1.165) is 31.5 Å². The SMILES string of the molecule is O=C(CCc1ncc(-c2ccc(F)cc2)o1)N1CCC(c2ccccc2)CC1. The topological polar surface area (TPSA) is 46.3 Å². The molecule has 1 saturated heterocycles. The van der Waals surface area contributed by atoms with E-state index in [9.17, 15) is 9.18 Å². The molecule has 0 N–H and O–H groups in total. The highest BCUT2D eigenvalue weighted by Gasteiger charge is 2.23. The first-order valence-electron chi connectivity index (χ1n) is 9.72. The number of amides is 1. The summed E-state index contributed by atoms with van der Waals surface area (Å²) in [5, 5.41) is 0. The molecule has 1 aromatic heterocycles. The van der Waals surface area contributed by atoms with Gasteiger partial charge in [-0.05, 0) is 48.6 Å². The molecule has 1 aliphatic rings. The third-order valence-corrected chi connectivity index (χ3v) is 5.35. The van der Waals surface area contributed by atoms with Gasteiger partial charge < -0.3 is 9.32 Å². The third-order valence-electron chi connectivity index (χ3n) is 5.35. The standard InChI is InChI=1S/C23H23FN2O2/c24-20-8-6-19(7-9-20)21-16-25-22(28-21)10-11-23(27)26-14-12-18(13-15-26)17-4-2-1-3-5-17/h1-9,16,18H,10-15H2. The van der Waals surface area contributed by atoms with Gasteiger partial charge in [0, 0.05) is 31.5 Å². The van der Waals surface area contributed by atoms with Gasteiger partial charge in [0.2, 0.25) is 5.91 Å². The molecule has 0 aliphatic carbocycles. The first-order valence-corrected chi connectivity index (χ1v) is 9.72. The minimum absolute atomic E-state index is 0.146. The van der Waals surface area contributed by atoms with Crippen LogP contribution in [0.5, 0.6) is 0 Å². The van der Waals surface area contributed by atoms with Crippen molar-refractivity contribution in [1.29, 1.82) is 0 Å². The molecule has 1 amide bonds. The summed E-state index contributed by atoms with van der Waals surface area (Å²) in [4.78, 5) is 18.7. The second-order valence-corrected chi connectivity index (χ2v) is 7.19.